The summed E-state index contributed by atoms with van der Waals surface area (Å²) in [5.74, 6) is 0.694. The van der Waals surface area contributed by atoms with Gasteiger partial charge >= 0.3 is 0 Å². The summed E-state index contributed by atoms with van der Waals surface area (Å²) in [6.45, 7) is 5.52. The molecule has 0 saturated heterocycles. The summed E-state index contributed by atoms with van der Waals surface area (Å²) < 4.78 is 0. The van der Waals surface area contributed by atoms with Gasteiger partial charge in [-0.05, 0) is 43.4 Å². The average Bonchev–Trinajstić information content (AvgIpc) is 3.15. The third-order valence-electron chi connectivity index (χ3n) is 3.35. The Kier molecular flexibility index (Phi) is 4.28. The number of hydrogen-bond donors (Lipinski definition) is 0. The lowest BCUT2D eigenvalue weighted by atomic mass is 10.1. The molecule has 0 heterocycles. The van der Waals surface area contributed by atoms with Crippen molar-refractivity contribution in [3.05, 3.63) is 28.8 Å². The molecule has 1 saturated carbocycles. The van der Waals surface area contributed by atoms with E-state index >= 15 is 0 Å². The Morgan fingerprint density at radius 1 is 1.44 bits per heavy atom. The summed E-state index contributed by atoms with van der Waals surface area (Å²) in [7, 11) is 0. The first-order valence-corrected chi connectivity index (χ1v) is 7.01. The lowest BCUT2D eigenvalue weighted by Crippen LogP contribution is -2.28. The molecule has 0 radical (unpaired) electrons. The first kappa shape index (κ1) is 13.4. The minimum Gasteiger partial charge on any atom is -0.367 e. The zero-order valence-corrected chi connectivity index (χ0v) is 11.8. The van der Waals surface area contributed by atoms with Crippen LogP contribution < -0.4 is 4.90 Å². The standard InChI is InChI=1S/C15H20ClNO/c1-11(2)7-8-17(13-4-5-13)15-6-3-12(10-18)9-14(15)16/h3,6,9-11,13H,4-5,7-8H2,1-2H3. The van der Waals surface area contributed by atoms with Gasteiger partial charge in [-0.15, -0.1) is 0 Å². The number of carbonyl (C=O) groups is 1. The van der Waals surface area contributed by atoms with Gasteiger partial charge in [-0.1, -0.05) is 25.4 Å². The lowest BCUT2D eigenvalue weighted by molar-refractivity contribution is 0.112. The third-order valence-corrected chi connectivity index (χ3v) is 3.65. The molecular weight excluding hydrogens is 246 g/mol. The molecule has 0 aromatic heterocycles. The van der Waals surface area contributed by atoms with E-state index in [1.54, 1.807) is 6.07 Å². The predicted molar refractivity (Wildman–Crippen MR) is 76.7 cm³/mol. The summed E-state index contributed by atoms with van der Waals surface area (Å²) in [5, 5.41) is 0.690. The van der Waals surface area contributed by atoms with Crippen LogP contribution in [0.1, 0.15) is 43.5 Å². The van der Waals surface area contributed by atoms with Crippen molar-refractivity contribution < 1.29 is 4.79 Å². The second-order valence-electron chi connectivity index (χ2n) is 5.44. The van der Waals surface area contributed by atoms with Crippen LogP contribution in [-0.2, 0) is 0 Å². The Morgan fingerprint density at radius 2 is 2.17 bits per heavy atom. The molecule has 1 fully saturated rings. The first-order chi connectivity index (χ1) is 8.61. The van der Waals surface area contributed by atoms with Gasteiger partial charge in [0.15, 0.2) is 0 Å². The number of nitrogens with zero attached hydrogens (tertiary/aromatic N) is 1. The summed E-state index contributed by atoms with van der Waals surface area (Å²) in [4.78, 5) is 13.1. The average molecular weight is 266 g/mol. The summed E-state index contributed by atoms with van der Waals surface area (Å²) in [6.07, 6.45) is 4.52. The summed E-state index contributed by atoms with van der Waals surface area (Å²) in [5.41, 5.74) is 1.72. The van der Waals surface area contributed by atoms with Crippen molar-refractivity contribution in [1.82, 2.24) is 0 Å². The van der Waals surface area contributed by atoms with E-state index in [1.807, 2.05) is 12.1 Å². The number of benzene rings is 1. The Bertz CT molecular complexity index is 427. The highest BCUT2D eigenvalue weighted by molar-refractivity contribution is 6.33. The highest BCUT2D eigenvalue weighted by Gasteiger charge is 2.30. The van der Waals surface area contributed by atoms with Gasteiger partial charge in [0.1, 0.15) is 6.29 Å². The third kappa shape index (κ3) is 3.26. The second kappa shape index (κ2) is 5.75. The number of rotatable bonds is 6. The maximum Gasteiger partial charge on any atom is 0.150 e. The van der Waals surface area contributed by atoms with Crippen molar-refractivity contribution in [3.63, 3.8) is 0 Å². The van der Waals surface area contributed by atoms with Gasteiger partial charge in [0, 0.05) is 18.2 Å². The Morgan fingerprint density at radius 3 is 2.67 bits per heavy atom. The molecule has 2 nitrogen and oxygen atoms in total. The monoisotopic (exact) mass is 265 g/mol. The maximum atomic E-state index is 10.7. The van der Waals surface area contributed by atoms with Crippen LogP contribution in [-0.4, -0.2) is 18.9 Å². The second-order valence-corrected chi connectivity index (χ2v) is 5.84. The molecule has 1 aromatic carbocycles. The summed E-state index contributed by atoms with van der Waals surface area (Å²) in [6, 6.07) is 6.22. The molecule has 3 heteroatoms. The zero-order valence-electron chi connectivity index (χ0n) is 11.0. The van der Waals surface area contributed by atoms with E-state index in [1.165, 1.54) is 19.3 Å². The van der Waals surface area contributed by atoms with Crippen LogP contribution >= 0.6 is 11.6 Å². The molecule has 0 unspecified atom stereocenters. The molecule has 1 aliphatic rings. The number of aldehydes is 1. The van der Waals surface area contributed by atoms with Gasteiger partial charge in [0.25, 0.3) is 0 Å². The van der Waals surface area contributed by atoms with Gasteiger partial charge in [-0.3, -0.25) is 4.79 Å². The minimum atomic E-state index is 0.642. The topological polar surface area (TPSA) is 20.3 Å². The lowest BCUT2D eigenvalue weighted by Gasteiger charge is -2.26. The highest BCUT2D eigenvalue weighted by Crippen LogP contribution is 2.36. The molecule has 98 valence electrons. The van der Waals surface area contributed by atoms with E-state index < -0.39 is 0 Å². The van der Waals surface area contributed by atoms with Crippen LogP contribution in [0.15, 0.2) is 18.2 Å². The quantitative estimate of drug-likeness (QED) is 0.720. The number of anilines is 1. The smallest absolute Gasteiger partial charge is 0.150 e. The van der Waals surface area contributed by atoms with Crippen LogP contribution in [0.5, 0.6) is 0 Å². The van der Waals surface area contributed by atoms with E-state index in [0.717, 1.165) is 18.5 Å². The molecule has 0 bridgehead atoms. The van der Waals surface area contributed by atoms with Crippen molar-refractivity contribution in [1.29, 1.82) is 0 Å². The van der Waals surface area contributed by atoms with Gasteiger partial charge < -0.3 is 4.90 Å². The largest absolute Gasteiger partial charge is 0.367 e. The van der Waals surface area contributed by atoms with Crippen molar-refractivity contribution in [2.24, 2.45) is 5.92 Å². The Hall–Kier alpha value is -1.02. The Balaban J connectivity index is 2.17. The van der Waals surface area contributed by atoms with Crippen LogP contribution in [0.2, 0.25) is 5.02 Å². The van der Waals surface area contributed by atoms with Crippen LogP contribution in [0.3, 0.4) is 0 Å². The van der Waals surface area contributed by atoms with E-state index in [0.29, 0.717) is 22.5 Å². The van der Waals surface area contributed by atoms with Crippen LogP contribution in [0.4, 0.5) is 5.69 Å². The number of halogens is 1. The Labute approximate surface area is 114 Å². The molecule has 0 spiro atoms. The highest BCUT2D eigenvalue weighted by atomic mass is 35.5. The molecule has 1 aliphatic carbocycles. The van der Waals surface area contributed by atoms with E-state index in [4.69, 9.17) is 11.6 Å². The van der Waals surface area contributed by atoms with E-state index in [2.05, 4.69) is 18.7 Å². The van der Waals surface area contributed by atoms with Crippen molar-refractivity contribution in [2.75, 3.05) is 11.4 Å². The van der Waals surface area contributed by atoms with E-state index in [-0.39, 0.29) is 0 Å². The van der Waals surface area contributed by atoms with Gasteiger partial charge in [-0.25, -0.2) is 0 Å². The fourth-order valence-corrected chi connectivity index (χ4v) is 2.41. The SMILES string of the molecule is CC(C)CCN(c1ccc(C=O)cc1Cl)C1CC1. The summed E-state index contributed by atoms with van der Waals surface area (Å²) >= 11 is 6.29. The normalized spacial score (nSPS) is 14.9. The van der Waals surface area contributed by atoms with Crippen LogP contribution in [0.25, 0.3) is 0 Å². The number of carbonyl (C=O) groups excluding carboxylic acids is 1. The van der Waals surface area contributed by atoms with E-state index in [9.17, 15) is 4.79 Å². The molecule has 0 amide bonds. The predicted octanol–water partition coefficient (Wildman–Crippen LogP) is 4.17. The first-order valence-electron chi connectivity index (χ1n) is 6.63. The van der Waals surface area contributed by atoms with Crippen molar-refractivity contribution in [3.8, 4) is 0 Å². The van der Waals surface area contributed by atoms with Gasteiger partial charge in [0.2, 0.25) is 0 Å². The van der Waals surface area contributed by atoms with Crippen molar-refractivity contribution >= 4 is 23.6 Å². The zero-order chi connectivity index (χ0) is 13.1. The molecule has 0 N–H and O–H groups in total. The maximum absolute atomic E-state index is 10.7. The molecule has 0 aliphatic heterocycles. The fraction of sp³-hybridized carbons (Fsp3) is 0.533. The molecule has 18 heavy (non-hydrogen) atoms. The fourth-order valence-electron chi connectivity index (χ4n) is 2.11. The van der Waals surface area contributed by atoms with Gasteiger partial charge in [0.05, 0.1) is 10.7 Å². The van der Waals surface area contributed by atoms with Crippen molar-refractivity contribution in [2.45, 2.75) is 39.2 Å². The van der Waals surface area contributed by atoms with Gasteiger partial charge in [-0.2, -0.15) is 0 Å². The minimum absolute atomic E-state index is 0.642. The molecule has 1 aromatic rings. The molecule has 2 rings (SSSR count). The van der Waals surface area contributed by atoms with Crippen LogP contribution in [0, 0.1) is 5.92 Å². The molecule has 0 atom stereocenters. The number of hydrogen-bond acceptors (Lipinski definition) is 2. The molecular formula is C15H20ClNO.